The van der Waals surface area contributed by atoms with Crippen LogP contribution in [-0.4, -0.2) is 27.0 Å². The molecule has 1 aliphatic rings. The first-order valence-corrected chi connectivity index (χ1v) is 7.71. The molecule has 1 fully saturated rings. The van der Waals surface area contributed by atoms with Crippen LogP contribution < -0.4 is 10.0 Å². The maximum absolute atomic E-state index is 12.3. The van der Waals surface area contributed by atoms with Crippen molar-refractivity contribution >= 4 is 10.0 Å². The molecule has 1 saturated heterocycles. The topological polar surface area (TPSA) is 58.2 Å². The molecule has 100 valence electrons. The van der Waals surface area contributed by atoms with Gasteiger partial charge in [0.25, 0.3) is 0 Å². The van der Waals surface area contributed by atoms with E-state index in [1.165, 1.54) is 0 Å². The molecular formula is C13H20N2O2S. The largest absolute Gasteiger partial charge is 0.317 e. The third-order valence-corrected chi connectivity index (χ3v) is 5.07. The van der Waals surface area contributed by atoms with Crippen molar-refractivity contribution in [1.82, 2.24) is 10.0 Å². The van der Waals surface area contributed by atoms with Gasteiger partial charge in [-0.15, -0.1) is 0 Å². The second-order valence-electron chi connectivity index (χ2n) is 5.23. The molecule has 18 heavy (non-hydrogen) atoms. The molecule has 1 aromatic carbocycles. The molecule has 0 spiro atoms. The molecule has 0 amide bonds. The van der Waals surface area contributed by atoms with E-state index in [4.69, 9.17) is 0 Å². The molecule has 0 unspecified atom stereocenters. The third kappa shape index (κ3) is 3.10. The van der Waals surface area contributed by atoms with E-state index in [0.29, 0.717) is 4.90 Å². The molecule has 0 saturated carbocycles. The summed E-state index contributed by atoms with van der Waals surface area (Å²) in [6.45, 7) is 5.62. The lowest BCUT2D eigenvalue weighted by Gasteiger charge is -2.34. The van der Waals surface area contributed by atoms with Gasteiger partial charge in [0.15, 0.2) is 0 Å². The minimum Gasteiger partial charge on any atom is -0.317 e. The normalized spacial score (nSPS) is 19.7. The van der Waals surface area contributed by atoms with Gasteiger partial charge in [0.2, 0.25) is 10.0 Å². The lowest BCUT2D eigenvalue weighted by atomic mass is 9.92. The maximum Gasteiger partial charge on any atom is 0.241 e. The summed E-state index contributed by atoms with van der Waals surface area (Å²) in [5, 5.41) is 3.24. The number of hydrogen-bond donors (Lipinski definition) is 2. The van der Waals surface area contributed by atoms with Crippen LogP contribution in [-0.2, 0) is 10.0 Å². The summed E-state index contributed by atoms with van der Waals surface area (Å²) in [6.07, 6.45) is 1.64. The standard InChI is InChI=1S/C13H20N2O2S/c1-11-3-5-12(6-4-11)18(16,17)15-13(2)7-9-14-10-8-13/h3-6,14-15H,7-10H2,1-2H3. The minimum atomic E-state index is -3.41. The fraction of sp³-hybridized carbons (Fsp3) is 0.538. The smallest absolute Gasteiger partial charge is 0.241 e. The van der Waals surface area contributed by atoms with Crippen LogP contribution in [0.3, 0.4) is 0 Å². The van der Waals surface area contributed by atoms with Crippen LogP contribution >= 0.6 is 0 Å². The SMILES string of the molecule is Cc1ccc(S(=O)(=O)NC2(C)CCNCC2)cc1. The predicted molar refractivity (Wildman–Crippen MR) is 72.0 cm³/mol. The van der Waals surface area contributed by atoms with Gasteiger partial charge in [0, 0.05) is 5.54 Å². The number of sulfonamides is 1. The van der Waals surface area contributed by atoms with E-state index in [2.05, 4.69) is 10.0 Å². The molecule has 0 aliphatic carbocycles. The highest BCUT2D eigenvalue weighted by Crippen LogP contribution is 2.21. The van der Waals surface area contributed by atoms with Gasteiger partial charge < -0.3 is 5.32 Å². The summed E-state index contributed by atoms with van der Waals surface area (Å²) in [5.74, 6) is 0. The van der Waals surface area contributed by atoms with E-state index in [1.54, 1.807) is 12.1 Å². The molecule has 4 nitrogen and oxygen atoms in total. The number of benzene rings is 1. The third-order valence-electron chi connectivity index (χ3n) is 3.42. The number of piperidine rings is 1. The number of nitrogens with one attached hydrogen (secondary N) is 2. The van der Waals surface area contributed by atoms with Gasteiger partial charge in [0.1, 0.15) is 0 Å². The average Bonchev–Trinajstić information content (AvgIpc) is 2.29. The van der Waals surface area contributed by atoms with Crippen molar-refractivity contribution in [1.29, 1.82) is 0 Å². The Morgan fingerprint density at radius 1 is 1.17 bits per heavy atom. The first kappa shape index (κ1) is 13.5. The Labute approximate surface area is 109 Å². The first-order valence-electron chi connectivity index (χ1n) is 6.23. The summed E-state index contributed by atoms with van der Waals surface area (Å²) in [4.78, 5) is 0.341. The van der Waals surface area contributed by atoms with Crippen molar-refractivity contribution in [2.75, 3.05) is 13.1 Å². The van der Waals surface area contributed by atoms with Crippen molar-refractivity contribution in [3.05, 3.63) is 29.8 Å². The molecule has 0 atom stereocenters. The van der Waals surface area contributed by atoms with Gasteiger partial charge >= 0.3 is 0 Å². The molecule has 2 rings (SSSR count). The van der Waals surface area contributed by atoms with E-state index >= 15 is 0 Å². The Balaban J connectivity index is 2.18. The van der Waals surface area contributed by atoms with Crippen molar-refractivity contribution < 1.29 is 8.42 Å². The number of aryl methyl sites for hydroxylation is 1. The highest BCUT2D eigenvalue weighted by molar-refractivity contribution is 7.89. The molecule has 0 aromatic heterocycles. The Morgan fingerprint density at radius 3 is 2.28 bits per heavy atom. The summed E-state index contributed by atoms with van der Waals surface area (Å²) in [5.41, 5.74) is 0.719. The lowest BCUT2D eigenvalue weighted by molar-refractivity contribution is 0.308. The monoisotopic (exact) mass is 268 g/mol. The van der Waals surface area contributed by atoms with Crippen molar-refractivity contribution in [3.63, 3.8) is 0 Å². The summed E-state index contributed by atoms with van der Waals surface area (Å²) in [6, 6.07) is 6.95. The first-order chi connectivity index (χ1) is 8.41. The van der Waals surface area contributed by atoms with E-state index in [9.17, 15) is 8.42 Å². The summed E-state index contributed by atoms with van der Waals surface area (Å²) >= 11 is 0. The second kappa shape index (κ2) is 4.99. The molecular weight excluding hydrogens is 248 g/mol. The number of rotatable bonds is 3. The highest BCUT2D eigenvalue weighted by atomic mass is 32.2. The molecule has 5 heteroatoms. The van der Waals surface area contributed by atoms with Gasteiger partial charge in [-0.2, -0.15) is 0 Å². The maximum atomic E-state index is 12.3. The van der Waals surface area contributed by atoms with Gasteiger partial charge in [-0.25, -0.2) is 13.1 Å². The van der Waals surface area contributed by atoms with E-state index in [0.717, 1.165) is 31.5 Å². The minimum absolute atomic E-state index is 0.338. The molecule has 2 N–H and O–H groups in total. The molecule has 1 aromatic rings. The lowest BCUT2D eigenvalue weighted by Crippen LogP contribution is -2.52. The molecule has 1 aliphatic heterocycles. The van der Waals surface area contributed by atoms with Crippen LogP contribution in [0.2, 0.25) is 0 Å². The van der Waals surface area contributed by atoms with Crippen LogP contribution in [0.4, 0.5) is 0 Å². The van der Waals surface area contributed by atoms with E-state index < -0.39 is 10.0 Å². The van der Waals surface area contributed by atoms with Gasteiger partial charge in [-0.05, 0) is 51.9 Å². The molecule has 0 bridgehead atoms. The van der Waals surface area contributed by atoms with Gasteiger partial charge in [-0.3, -0.25) is 0 Å². The Morgan fingerprint density at radius 2 is 1.72 bits per heavy atom. The number of hydrogen-bond acceptors (Lipinski definition) is 3. The van der Waals surface area contributed by atoms with Crippen molar-refractivity contribution in [2.24, 2.45) is 0 Å². The van der Waals surface area contributed by atoms with Crippen LogP contribution in [0.5, 0.6) is 0 Å². The fourth-order valence-corrected chi connectivity index (χ4v) is 3.65. The van der Waals surface area contributed by atoms with Crippen molar-refractivity contribution in [2.45, 2.75) is 37.1 Å². The van der Waals surface area contributed by atoms with Gasteiger partial charge in [-0.1, -0.05) is 17.7 Å². The summed E-state index contributed by atoms with van der Waals surface area (Å²) < 4.78 is 27.4. The van der Waals surface area contributed by atoms with Crippen molar-refractivity contribution in [3.8, 4) is 0 Å². The molecule has 1 heterocycles. The Bertz CT molecular complexity index is 502. The predicted octanol–water partition coefficient (Wildman–Crippen LogP) is 1.42. The zero-order valence-electron chi connectivity index (χ0n) is 10.9. The zero-order valence-corrected chi connectivity index (χ0v) is 11.7. The van der Waals surface area contributed by atoms with E-state index in [1.807, 2.05) is 26.0 Å². The Kier molecular flexibility index (Phi) is 3.75. The van der Waals surface area contributed by atoms with Crippen LogP contribution in [0.15, 0.2) is 29.2 Å². The zero-order chi connectivity index (χ0) is 13.2. The fourth-order valence-electron chi connectivity index (χ4n) is 2.18. The molecule has 0 radical (unpaired) electrons. The van der Waals surface area contributed by atoms with Crippen LogP contribution in [0, 0.1) is 6.92 Å². The van der Waals surface area contributed by atoms with Gasteiger partial charge in [0.05, 0.1) is 4.90 Å². The average molecular weight is 268 g/mol. The highest BCUT2D eigenvalue weighted by Gasteiger charge is 2.31. The van der Waals surface area contributed by atoms with Crippen LogP contribution in [0.1, 0.15) is 25.3 Å². The van der Waals surface area contributed by atoms with Crippen LogP contribution in [0.25, 0.3) is 0 Å². The van der Waals surface area contributed by atoms with E-state index in [-0.39, 0.29) is 5.54 Å². The Hall–Kier alpha value is -0.910. The quantitative estimate of drug-likeness (QED) is 0.871. The summed E-state index contributed by atoms with van der Waals surface area (Å²) in [7, 11) is -3.41. The second-order valence-corrected chi connectivity index (χ2v) is 6.91.